The van der Waals surface area contributed by atoms with E-state index < -0.39 is 0 Å². The Morgan fingerprint density at radius 1 is 0.258 bits per heavy atom. The maximum atomic E-state index is 2.42. The van der Waals surface area contributed by atoms with Gasteiger partial charge >= 0.3 is 0 Å². The predicted molar refractivity (Wildman–Crippen MR) is 263 cm³/mol. The van der Waals surface area contributed by atoms with E-state index in [0.717, 1.165) is 22.6 Å². The Labute approximate surface area is 362 Å². The topological polar surface area (TPSA) is 8.17 Å². The second-order valence-electron chi connectivity index (χ2n) is 15.7. The Kier molecular flexibility index (Phi) is 9.57. The van der Waals surface area contributed by atoms with Gasteiger partial charge in [0.2, 0.25) is 0 Å². The van der Waals surface area contributed by atoms with E-state index in [9.17, 15) is 0 Å². The number of hydrogen-bond acceptors (Lipinski definition) is 1. The maximum Gasteiger partial charge on any atom is 0.0541 e. The molecule has 0 saturated heterocycles. The van der Waals surface area contributed by atoms with Crippen molar-refractivity contribution in [2.24, 2.45) is 0 Å². The standard InChI is InChI=1S/C60H42N2/c1-4-18-43(19-5-1)49-40-50(44-20-6-2-7-21-44)42-52(41-49)61(57-28-14-10-24-53(57)47-22-8-3-9-23-47)51-38-36-46(37-39-51)45-32-34-48(35-33-45)54-25-11-15-29-58(54)62-59-30-16-12-26-55(59)56-27-13-17-31-60(56)62/h1-42H. The fraction of sp³-hybridized carbons (Fsp3) is 0. The average Bonchev–Trinajstić information content (AvgIpc) is 3.69. The number of rotatable bonds is 9. The van der Waals surface area contributed by atoms with Crippen LogP contribution in [0.3, 0.4) is 0 Å². The van der Waals surface area contributed by atoms with Gasteiger partial charge in [-0.25, -0.2) is 0 Å². The quantitative estimate of drug-likeness (QED) is 0.141. The average molecular weight is 791 g/mol. The van der Waals surface area contributed by atoms with Gasteiger partial charge in [-0.3, -0.25) is 0 Å². The number of fused-ring (bicyclic) bond motifs is 3. The molecular formula is C60H42N2. The van der Waals surface area contributed by atoms with Crippen LogP contribution in [0.25, 0.3) is 83.1 Å². The smallest absolute Gasteiger partial charge is 0.0541 e. The van der Waals surface area contributed by atoms with Crippen LogP contribution in [0.1, 0.15) is 0 Å². The van der Waals surface area contributed by atoms with Gasteiger partial charge in [-0.15, -0.1) is 0 Å². The minimum Gasteiger partial charge on any atom is -0.310 e. The number of nitrogens with zero attached hydrogens (tertiary/aromatic N) is 2. The Bertz CT molecular complexity index is 3200. The van der Waals surface area contributed by atoms with Gasteiger partial charge in [0, 0.05) is 33.3 Å². The lowest BCUT2D eigenvalue weighted by atomic mass is 9.96. The Hall–Kier alpha value is -8.20. The predicted octanol–water partition coefficient (Wildman–Crippen LogP) is 16.6. The number of benzene rings is 10. The van der Waals surface area contributed by atoms with E-state index in [1.807, 2.05) is 0 Å². The van der Waals surface area contributed by atoms with Gasteiger partial charge in [-0.05, 0) is 99.1 Å². The SMILES string of the molecule is c1ccc(-c2cc(-c3ccccc3)cc(N(c3ccc(-c4ccc(-c5ccccc5-n5c6ccccc6c6ccccc65)cc4)cc3)c3ccccc3-c3ccccc3)c2)cc1. The van der Waals surface area contributed by atoms with Gasteiger partial charge in [-0.1, -0.05) is 200 Å². The molecule has 0 bridgehead atoms. The Morgan fingerprint density at radius 2 is 0.661 bits per heavy atom. The van der Waals surface area contributed by atoms with Gasteiger partial charge in [0.1, 0.15) is 0 Å². The van der Waals surface area contributed by atoms with E-state index in [1.54, 1.807) is 0 Å². The van der Waals surface area contributed by atoms with Crippen molar-refractivity contribution in [2.75, 3.05) is 4.90 Å². The van der Waals surface area contributed by atoms with Gasteiger partial charge in [0.25, 0.3) is 0 Å². The molecule has 1 aromatic heterocycles. The first-order valence-electron chi connectivity index (χ1n) is 21.3. The van der Waals surface area contributed by atoms with E-state index in [0.29, 0.717) is 0 Å². The first-order valence-corrected chi connectivity index (χ1v) is 21.3. The van der Waals surface area contributed by atoms with E-state index in [2.05, 4.69) is 264 Å². The maximum absolute atomic E-state index is 2.42. The van der Waals surface area contributed by atoms with E-state index >= 15 is 0 Å². The van der Waals surface area contributed by atoms with Crippen LogP contribution in [0.2, 0.25) is 0 Å². The lowest BCUT2D eigenvalue weighted by Crippen LogP contribution is -2.11. The van der Waals surface area contributed by atoms with E-state index in [4.69, 9.17) is 0 Å². The number of hydrogen-bond donors (Lipinski definition) is 0. The Balaban J connectivity index is 1.00. The second kappa shape index (κ2) is 16.1. The van der Waals surface area contributed by atoms with Crippen LogP contribution in [0.4, 0.5) is 17.1 Å². The monoisotopic (exact) mass is 790 g/mol. The summed E-state index contributed by atoms with van der Waals surface area (Å²) in [5.41, 5.74) is 18.6. The normalized spacial score (nSPS) is 11.2. The minimum atomic E-state index is 1.08. The van der Waals surface area contributed by atoms with Crippen LogP contribution in [0, 0.1) is 0 Å². The van der Waals surface area contributed by atoms with Gasteiger partial charge in [-0.2, -0.15) is 0 Å². The molecule has 11 aromatic rings. The third-order valence-electron chi connectivity index (χ3n) is 12.0. The molecule has 0 fully saturated rings. The molecule has 2 nitrogen and oxygen atoms in total. The molecule has 0 atom stereocenters. The molecule has 0 unspecified atom stereocenters. The molecule has 0 aliphatic carbocycles. The van der Waals surface area contributed by atoms with Crippen LogP contribution in [-0.2, 0) is 0 Å². The van der Waals surface area contributed by atoms with Crippen LogP contribution in [0.5, 0.6) is 0 Å². The molecule has 10 aromatic carbocycles. The van der Waals surface area contributed by atoms with E-state index in [1.165, 1.54) is 77.6 Å². The van der Waals surface area contributed by atoms with Crippen LogP contribution in [-0.4, -0.2) is 4.57 Å². The fourth-order valence-corrected chi connectivity index (χ4v) is 9.03. The molecule has 2 heteroatoms. The zero-order valence-corrected chi connectivity index (χ0v) is 34.1. The molecule has 0 aliphatic heterocycles. The molecule has 0 amide bonds. The zero-order chi connectivity index (χ0) is 41.2. The Morgan fingerprint density at radius 3 is 1.24 bits per heavy atom. The highest BCUT2D eigenvalue weighted by Gasteiger charge is 2.20. The van der Waals surface area contributed by atoms with Crippen LogP contribution in [0.15, 0.2) is 255 Å². The largest absolute Gasteiger partial charge is 0.310 e. The summed E-state index contributed by atoms with van der Waals surface area (Å²) in [6, 6.07) is 92.0. The second-order valence-corrected chi connectivity index (χ2v) is 15.7. The summed E-state index contributed by atoms with van der Waals surface area (Å²) in [6.07, 6.45) is 0. The summed E-state index contributed by atoms with van der Waals surface area (Å²) in [5.74, 6) is 0. The summed E-state index contributed by atoms with van der Waals surface area (Å²) in [6.45, 7) is 0. The summed E-state index contributed by atoms with van der Waals surface area (Å²) in [7, 11) is 0. The van der Waals surface area contributed by atoms with Crippen molar-refractivity contribution in [3.05, 3.63) is 255 Å². The molecule has 0 N–H and O–H groups in total. The molecule has 0 saturated carbocycles. The molecule has 1 heterocycles. The van der Waals surface area contributed by atoms with Crippen molar-refractivity contribution < 1.29 is 0 Å². The highest BCUT2D eigenvalue weighted by Crippen LogP contribution is 2.44. The van der Waals surface area contributed by atoms with Crippen LogP contribution >= 0.6 is 0 Å². The molecule has 0 spiro atoms. The first kappa shape index (κ1) is 36.8. The zero-order valence-electron chi connectivity index (χ0n) is 34.1. The van der Waals surface area contributed by atoms with Crippen molar-refractivity contribution in [3.63, 3.8) is 0 Å². The van der Waals surface area contributed by atoms with Gasteiger partial charge < -0.3 is 9.47 Å². The number of anilines is 3. The lowest BCUT2D eigenvalue weighted by Gasteiger charge is -2.29. The molecule has 0 aliphatic rings. The molecule has 62 heavy (non-hydrogen) atoms. The highest BCUT2D eigenvalue weighted by molar-refractivity contribution is 6.09. The van der Waals surface area contributed by atoms with Crippen LogP contribution < -0.4 is 4.90 Å². The molecule has 11 rings (SSSR count). The summed E-state index contributed by atoms with van der Waals surface area (Å²) in [5, 5.41) is 2.53. The third-order valence-corrected chi connectivity index (χ3v) is 12.0. The molecule has 292 valence electrons. The van der Waals surface area contributed by atoms with E-state index in [-0.39, 0.29) is 0 Å². The van der Waals surface area contributed by atoms with Crippen molar-refractivity contribution in [1.29, 1.82) is 0 Å². The van der Waals surface area contributed by atoms with Crippen molar-refractivity contribution in [1.82, 2.24) is 4.57 Å². The highest BCUT2D eigenvalue weighted by atomic mass is 15.1. The molecule has 0 radical (unpaired) electrons. The molecular weight excluding hydrogens is 749 g/mol. The van der Waals surface area contributed by atoms with Crippen molar-refractivity contribution in [2.45, 2.75) is 0 Å². The van der Waals surface area contributed by atoms with Gasteiger partial charge in [0.15, 0.2) is 0 Å². The number of aromatic nitrogens is 1. The lowest BCUT2D eigenvalue weighted by molar-refractivity contribution is 1.18. The number of para-hydroxylation sites is 4. The fourth-order valence-electron chi connectivity index (χ4n) is 9.03. The van der Waals surface area contributed by atoms with Crippen molar-refractivity contribution >= 4 is 38.9 Å². The third kappa shape index (κ3) is 6.84. The first-order chi connectivity index (χ1) is 30.8. The summed E-state index contributed by atoms with van der Waals surface area (Å²) >= 11 is 0. The van der Waals surface area contributed by atoms with Crippen molar-refractivity contribution in [3.8, 4) is 61.3 Å². The summed E-state index contributed by atoms with van der Waals surface area (Å²) < 4.78 is 2.41. The van der Waals surface area contributed by atoms with Gasteiger partial charge in [0.05, 0.1) is 22.4 Å². The summed E-state index contributed by atoms with van der Waals surface area (Å²) in [4.78, 5) is 2.42. The minimum absolute atomic E-state index is 1.08.